The zero-order chi connectivity index (χ0) is 29.9. The molecule has 1 aliphatic heterocycles. The van der Waals surface area contributed by atoms with Crippen LogP contribution in [0.4, 0.5) is 39.0 Å². The van der Waals surface area contributed by atoms with E-state index in [1.54, 1.807) is 24.0 Å². The predicted molar refractivity (Wildman–Crippen MR) is 150 cm³/mol. The molecule has 1 saturated heterocycles. The van der Waals surface area contributed by atoms with E-state index in [2.05, 4.69) is 30.5 Å². The molecule has 0 amide bonds. The van der Waals surface area contributed by atoms with Gasteiger partial charge in [0.05, 0.1) is 20.8 Å². The van der Waals surface area contributed by atoms with E-state index in [0.29, 0.717) is 56.6 Å². The molecule has 2 heterocycles. The van der Waals surface area contributed by atoms with Crippen molar-refractivity contribution in [3.8, 4) is 0 Å². The molecule has 0 spiro atoms. The third-order valence-corrected chi connectivity index (χ3v) is 7.41. The maximum absolute atomic E-state index is 14.2. The summed E-state index contributed by atoms with van der Waals surface area (Å²) in [6.07, 6.45) is 0. The minimum Gasteiger partial charge on any atom is -0.363 e. The van der Waals surface area contributed by atoms with Gasteiger partial charge in [-0.05, 0) is 36.2 Å². The number of nitro groups is 2. The van der Waals surface area contributed by atoms with Gasteiger partial charge in [-0.2, -0.15) is 19.3 Å². The smallest absolute Gasteiger partial charge is 0.311 e. The first kappa shape index (κ1) is 30.0. The second kappa shape index (κ2) is 12.3. The second-order valence-corrected chi connectivity index (χ2v) is 10.8. The SMILES string of the molecule is Cc1ccc(Nc2nc(Cl)nc(NCCN3CCN(c4cc(F)c([N+](=O)[O-])cc4[N+](=O)[O-])CC3)n2)cc1S(O)(O)O. The first-order valence-electron chi connectivity index (χ1n) is 11.9. The Morgan fingerprint density at radius 1 is 1.00 bits per heavy atom. The largest absolute Gasteiger partial charge is 0.363 e. The number of aromatic nitrogens is 3. The molecular formula is C22H25ClFN9O7S. The number of benzene rings is 2. The maximum atomic E-state index is 14.2. The Morgan fingerprint density at radius 3 is 2.29 bits per heavy atom. The molecule has 2 aromatic carbocycles. The van der Waals surface area contributed by atoms with Gasteiger partial charge < -0.3 is 29.2 Å². The van der Waals surface area contributed by atoms with Gasteiger partial charge in [0, 0.05) is 51.0 Å². The van der Waals surface area contributed by atoms with Crippen molar-refractivity contribution in [2.24, 2.45) is 0 Å². The summed E-state index contributed by atoms with van der Waals surface area (Å²) in [7, 11) is -3.93. The average molecular weight is 614 g/mol. The van der Waals surface area contributed by atoms with E-state index in [0.717, 1.165) is 6.07 Å². The topological polar surface area (TPSA) is 216 Å². The number of halogens is 2. The number of nitrogens with zero attached hydrogens (tertiary/aromatic N) is 7. The van der Waals surface area contributed by atoms with Crippen LogP contribution in [0.5, 0.6) is 0 Å². The summed E-state index contributed by atoms with van der Waals surface area (Å²) in [5.41, 5.74) is -0.641. The van der Waals surface area contributed by atoms with Crippen molar-refractivity contribution in [1.82, 2.24) is 19.9 Å². The fourth-order valence-electron chi connectivity index (χ4n) is 4.20. The Hall–Kier alpha value is -3.94. The van der Waals surface area contributed by atoms with Crippen molar-refractivity contribution in [3.05, 3.63) is 67.2 Å². The summed E-state index contributed by atoms with van der Waals surface area (Å²) < 4.78 is 43.1. The fourth-order valence-corrected chi connectivity index (χ4v) is 5.15. The standard InChI is InChI=1S/C22H25ClFN9O7S/c1-13-2-3-14(10-19(13)41(38,39)40)26-22-28-20(23)27-21(29-22)25-4-5-30-6-8-31(9-7-30)17-11-15(24)16(32(34)35)12-18(17)33(36)37/h2-3,10-12,38-40H,4-9H2,1H3,(H2,25,26,27,28,29). The summed E-state index contributed by atoms with van der Waals surface area (Å²) in [6.45, 7) is 4.19. The van der Waals surface area contributed by atoms with Gasteiger partial charge in [0.15, 0.2) is 0 Å². The highest BCUT2D eigenvalue weighted by molar-refractivity contribution is 8.19. The summed E-state index contributed by atoms with van der Waals surface area (Å²) in [4.78, 5) is 36.6. The molecule has 16 nitrogen and oxygen atoms in total. The molecule has 3 aromatic rings. The van der Waals surface area contributed by atoms with Crippen LogP contribution in [0.15, 0.2) is 35.2 Å². The molecule has 1 fully saturated rings. The Kier molecular flexibility index (Phi) is 9.00. The first-order chi connectivity index (χ1) is 19.3. The highest BCUT2D eigenvalue weighted by Gasteiger charge is 2.29. The van der Waals surface area contributed by atoms with Crippen LogP contribution >= 0.6 is 22.5 Å². The van der Waals surface area contributed by atoms with Crippen LogP contribution in [0.3, 0.4) is 0 Å². The highest BCUT2D eigenvalue weighted by Crippen LogP contribution is 2.46. The normalized spacial score (nSPS) is 14.5. The lowest BCUT2D eigenvalue weighted by Gasteiger charge is -2.35. The van der Waals surface area contributed by atoms with Gasteiger partial charge in [0.1, 0.15) is 16.6 Å². The Labute approximate surface area is 238 Å². The van der Waals surface area contributed by atoms with Crippen LogP contribution in [0.25, 0.3) is 0 Å². The lowest BCUT2D eigenvalue weighted by Crippen LogP contribution is -2.47. The molecule has 19 heteroatoms. The molecule has 0 unspecified atom stereocenters. The first-order valence-corrected chi connectivity index (χ1v) is 13.8. The minimum atomic E-state index is -3.93. The number of nitro benzene ring substituents is 2. The number of hydrogen-bond donors (Lipinski definition) is 5. The molecule has 5 N–H and O–H groups in total. The summed E-state index contributed by atoms with van der Waals surface area (Å²) in [6, 6.07) is 6.04. The van der Waals surface area contributed by atoms with Crippen LogP contribution in [0.2, 0.25) is 5.28 Å². The van der Waals surface area contributed by atoms with Gasteiger partial charge in [-0.3, -0.25) is 25.1 Å². The van der Waals surface area contributed by atoms with Crippen molar-refractivity contribution < 1.29 is 27.9 Å². The van der Waals surface area contributed by atoms with Crippen LogP contribution < -0.4 is 15.5 Å². The van der Waals surface area contributed by atoms with Gasteiger partial charge >= 0.3 is 5.69 Å². The minimum absolute atomic E-state index is 0.0134. The van der Waals surface area contributed by atoms with Gasteiger partial charge in [-0.1, -0.05) is 6.07 Å². The Morgan fingerprint density at radius 2 is 1.66 bits per heavy atom. The monoisotopic (exact) mass is 613 g/mol. The third-order valence-electron chi connectivity index (χ3n) is 6.21. The van der Waals surface area contributed by atoms with Crippen LogP contribution in [-0.4, -0.2) is 82.6 Å². The number of rotatable bonds is 10. The molecule has 0 bridgehead atoms. The van der Waals surface area contributed by atoms with Crippen molar-refractivity contribution in [2.45, 2.75) is 11.8 Å². The van der Waals surface area contributed by atoms with Gasteiger partial charge in [0.25, 0.3) is 5.69 Å². The van der Waals surface area contributed by atoms with E-state index in [4.69, 9.17) is 11.6 Å². The Balaban J connectivity index is 1.34. The van der Waals surface area contributed by atoms with E-state index in [9.17, 15) is 38.3 Å². The van der Waals surface area contributed by atoms with Gasteiger partial charge in [0.2, 0.25) is 23.0 Å². The molecule has 0 aliphatic carbocycles. The van der Waals surface area contributed by atoms with Gasteiger partial charge in [-0.25, -0.2) is 0 Å². The second-order valence-electron chi connectivity index (χ2n) is 8.94. The average Bonchev–Trinajstić information content (AvgIpc) is 2.89. The van der Waals surface area contributed by atoms with Crippen LogP contribution in [0, 0.1) is 33.0 Å². The molecular weight excluding hydrogens is 589 g/mol. The zero-order valence-electron chi connectivity index (χ0n) is 21.4. The summed E-state index contributed by atoms with van der Waals surface area (Å²) in [5, 5.41) is 28.2. The zero-order valence-corrected chi connectivity index (χ0v) is 23.0. The highest BCUT2D eigenvalue weighted by atomic mass is 35.5. The molecule has 0 saturated carbocycles. The number of hydrogen-bond acceptors (Lipinski definition) is 14. The molecule has 1 aromatic heterocycles. The number of aryl methyl sites for hydroxylation is 1. The molecule has 1 aliphatic rings. The summed E-state index contributed by atoms with van der Waals surface area (Å²) in [5.74, 6) is -0.900. The van der Waals surface area contributed by atoms with Crippen molar-refractivity contribution in [3.63, 3.8) is 0 Å². The molecule has 220 valence electrons. The van der Waals surface area contributed by atoms with Crippen LogP contribution in [-0.2, 0) is 0 Å². The van der Waals surface area contributed by atoms with Crippen molar-refractivity contribution >= 4 is 57.1 Å². The molecule has 4 rings (SSSR count). The third kappa shape index (κ3) is 7.43. The fraction of sp³-hybridized carbons (Fsp3) is 0.318. The Bertz CT molecular complexity index is 1470. The van der Waals surface area contributed by atoms with E-state index in [1.165, 1.54) is 6.07 Å². The van der Waals surface area contributed by atoms with Crippen molar-refractivity contribution in [2.75, 3.05) is 54.8 Å². The van der Waals surface area contributed by atoms with Gasteiger partial charge in [-0.15, -0.1) is 0 Å². The van der Waals surface area contributed by atoms with E-state index in [-0.39, 0.29) is 27.8 Å². The van der Waals surface area contributed by atoms with Crippen molar-refractivity contribution in [1.29, 1.82) is 0 Å². The van der Waals surface area contributed by atoms with Crippen LogP contribution in [0.1, 0.15) is 5.56 Å². The van der Waals surface area contributed by atoms with E-state index >= 15 is 0 Å². The van der Waals surface area contributed by atoms with E-state index in [1.807, 2.05) is 0 Å². The summed E-state index contributed by atoms with van der Waals surface area (Å²) >= 11 is 6.03. The molecule has 41 heavy (non-hydrogen) atoms. The number of piperazine rings is 1. The van der Waals surface area contributed by atoms with E-state index < -0.39 is 37.9 Å². The predicted octanol–water partition coefficient (Wildman–Crippen LogP) is 4.35. The quantitative estimate of drug-likeness (QED) is 0.159. The lowest BCUT2D eigenvalue weighted by atomic mass is 10.2. The maximum Gasteiger partial charge on any atom is 0.311 e. The lowest BCUT2D eigenvalue weighted by molar-refractivity contribution is -0.395. The molecule has 0 radical (unpaired) electrons. The number of anilines is 4. The number of nitrogens with one attached hydrogen (secondary N) is 2. The molecule has 0 atom stereocenters.